The van der Waals surface area contributed by atoms with Gasteiger partial charge in [0.2, 0.25) is 17.6 Å². The molecule has 2 heterocycles. The molecule has 1 aliphatic rings. The predicted molar refractivity (Wildman–Crippen MR) is 86.8 cm³/mol. The quantitative estimate of drug-likeness (QED) is 0.909. The Kier molecular flexibility index (Phi) is 5.20. The summed E-state index contributed by atoms with van der Waals surface area (Å²) < 4.78 is 18.4. The summed E-state index contributed by atoms with van der Waals surface area (Å²) in [5.74, 6) is 0.890. The number of rotatable bonds is 5. The van der Waals surface area contributed by atoms with E-state index in [9.17, 15) is 9.18 Å². The van der Waals surface area contributed by atoms with E-state index in [-0.39, 0.29) is 17.6 Å². The number of likely N-dealkylation sites (tertiary alicyclic amines) is 1. The lowest BCUT2D eigenvalue weighted by Gasteiger charge is -2.31. The smallest absolute Gasteiger partial charge is 0.231 e. The summed E-state index contributed by atoms with van der Waals surface area (Å²) in [6.45, 7) is 2.06. The van der Waals surface area contributed by atoms with E-state index in [4.69, 9.17) is 4.52 Å². The molecule has 0 aliphatic carbocycles. The number of hydrogen-bond donors (Lipinski definition) is 1. The zero-order valence-corrected chi connectivity index (χ0v) is 13.7. The van der Waals surface area contributed by atoms with Crippen molar-refractivity contribution in [1.82, 2.24) is 20.4 Å². The number of carbonyl (C=O) groups excluding carboxylic acids is 1. The van der Waals surface area contributed by atoms with Gasteiger partial charge in [-0.3, -0.25) is 4.79 Å². The van der Waals surface area contributed by atoms with Crippen LogP contribution in [0.4, 0.5) is 4.39 Å². The number of nitrogens with zero attached hydrogens (tertiary/aromatic N) is 3. The molecule has 1 atom stereocenters. The summed E-state index contributed by atoms with van der Waals surface area (Å²) in [4.78, 5) is 18.5. The first kappa shape index (κ1) is 16.6. The second kappa shape index (κ2) is 7.53. The first-order valence-corrected chi connectivity index (χ1v) is 8.19. The zero-order valence-electron chi connectivity index (χ0n) is 13.7. The predicted octanol–water partition coefficient (Wildman–Crippen LogP) is 2.19. The van der Waals surface area contributed by atoms with Gasteiger partial charge in [-0.05, 0) is 44.2 Å². The molecule has 1 fully saturated rings. The van der Waals surface area contributed by atoms with Crippen LogP contribution in [0.1, 0.15) is 31.1 Å². The van der Waals surface area contributed by atoms with Gasteiger partial charge < -0.3 is 14.7 Å². The van der Waals surface area contributed by atoms with Crippen molar-refractivity contribution in [1.29, 1.82) is 0 Å². The van der Waals surface area contributed by atoms with Crippen LogP contribution >= 0.6 is 0 Å². The summed E-state index contributed by atoms with van der Waals surface area (Å²) in [5, 5.41) is 6.98. The molecule has 2 aromatic rings. The van der Waals surface area contributed by atoms with Crippen molar-refractivity contribution in [3.05, 3.63) is 36.0 Å². The Hall–Kier alpha value is -2.28. The highest BCUT2D eigenvalue weighted by Gasteiger charge is 2.28. The van der Waals surface area contributed by atoms with Crippen LogP contribution in [-0.2, 0) is 4.79 Å². The number of benzene rings is 1. The van der Waals surface area contributed by atoms with Gasteiger partial charge in [-0.2, -0.15) is 4.98 Å². The maximum absolute atomic E-state index is 13.0. The van der Waals surface area contributed by atoms with E-state index in [0.29, 0.717) is 36.8 Å². The topological polar surface area (TPSA) is 71.3 Å². The third kappa shape index (κ3) is 3.79. The van der Waals surface area contributed by atoms with E-state index in [1.54, 1.807) is 12.1 Å². The molecule has 0 saturated carbocycles. The van der Waals surface area contributed by atoms with Crippen LogP contribution in [0.3, 0.4) is 0 Å². The van der Waals surface area contributed by atoms with E-state index in [2.05, 4.69) is 15.5 Å². The van der Waals surface area contributed by atoms with Crippen molar-refractivity contribution in [3.8, 4) is 11.4 Å². The van der Waals surface area contributed by atoms with E-state index < -0.39 is 0 Å². The first-order chi connectivity index (χ1) is 11.7. The Morgan fingerprint density at radius 2 is 2.21 bits per heavy atom. The van der Waals surface area contributed by atoms with Gasteiger partial charge in [-0.25, -0.2) is 4.39 Å². The van der Waals surface area contributed by atoms with Crippen LogP contribution in [0.15, 0.2) is 28.8 Å². The van der Waals surface area contributed by atoms with E-state index in [1.165, 1.54) is 12.1 Å². The lowest BCUT2D eigenvalue weighted by molar-refractivity contribution is -0.132. The van der Waals surface area contributed by atoms with Gasteiger partial charge in [-0.15, -0.1) is 0 Å². The number of halogens is 1. The van der Waals surface area contributed by atoms with Gasteiger partial charge >= 0.3 is 0 Å². The van der Waals surface area contributed by atoms with Crippen molar-refractivity contribution < 1.29 is 13.7 Å². The second-order valence-corrected chi connectivity index (χ2v) is 6.00. The standard InChI is InChI=1S/C17H21FN4O2/c1-19-9-8-15(23)22-10-2-3-13(11-22)17-20-16(21-24-17)12-4-6-14(18)7-5-12/h4-7,13,19H,2-3,8-11H2,1H3. The lowest BCUT2D eigenvalue weighted by atomic mass is 9.97. The Morgan fingerprint density at radius 3 is 2.96 bits per heavy atom. The van der Waals surface area contributed by atoms with Gasteiger partial charge in [0, 0.05) is 31.6 Å². The number of nitrogens with one attached hydrogen (secondary N) is 1. The van der Waals surface area contributed by atoms with Gasteiger partial charge in [-0.1, -0.05) is 5.16 Å². The molecule has 1 aromatic heterocycles. The van der Waals surface area contributed by atoms with Crippen LogP contribution in [0.5, 0.6) is 0 Å². The summed E-state index contributed by atoms with van der Waals surface area (Å²) >= 11 is 0. The summed E-state index contributed by atoms with van der Waals surface area (Å²) in [7, 11) is 1.84. The summed E-state index contributed by atoms with van der Waals surface area (Å²) in [6.07, 6.45) is 2.33. The minimum atomic E-state index is -0.300. The van der Waals surface area contributed by atoms with Crippen LogP contribution < -0.4 is 5.32 Å². The van der Waals surface area contributed by atoms with Crippen LogP contribution in [0, 0.1) is 5.82 Å². The van der Waals surface area contributed by atoms with E-state index >= 15 is 0 Å². The van der Waals surface area contributed by atoms with Crippen molar-refractivity contribution in [2.45, 2.75) is 25.2 Å². The molecule has 0 radical (unpaired) electrons. The average molecular weight is 332 g/mol. The Bertz CT molecular complexity index is 686. The zero-order chi connectivity index (χ0) is 16.9. The molecular weight excluding hydrogens is 311 g/mol. The van der Waals surface area contributed by atoms with Crippen molar-refractivity contribution in [2.75, 3.05) is 26.7 Å². The van der Waals surface area contributed by atoms with Gasteiger partial charge in [0.05, 0.1) is 5.92 Å². The molecule has 6 nitrogen and oxygen atoms in total. The summed E-state index contributed by atoms with van der Waals surface area (Å²) in [5.41, 5.74) is 0.712. The number of hydrogen-bond acceptors (Lipinski definition) is 5. The molecule has 24 heavy (non-hydrogen) atoms. The molecule has 1 amide bonds. The second-order valence-electron chi connectivity index (χ2n) is 6.00. The molecule has 0 bridgehead atoms. The molecule has 7 heteroatoms. The number of amides is 1. The highest BCUT2D eigenvalue weighted by molar-refractivity contribution is 5.76. The minimum Gasteiger partial charge on any atom is -0.342 e. The maximum atomic E-state index is 13.0. The molecule has 3 rings (SSSR count). The SMILES string of the molecule is CNCCC(=O)N1CCCC(c2nc(-c3ccc(F)cc3)no2)C1. The lowest BCUT2D eigenvalue weighted by Crippen LogP contribution is -2.40. The molecule has 1 aliphatic heterocycles. The van der Waals surface area contributed by atoms with Gasteiger partial charge in [0.1, 0.15) is 5.82 Å². The summed E-state index contributed by atoms with van der Waals surface area (Å²) in [6, 6.07) is 5.99. The molecule has 1 saturated heterocycles. The average Bonchev–Trinajstić information content (AvgIpc) is 3.10. The fourth-order valence-electron chi connectivity index (χ4n) is 2.91. The Balaban J connectivity index is 1.68. The fraction of sp³-hybridized carbons (Fsp3) is 0.471. The third-order valence-corrected chi connectivity index (χ3v) is 4.26. The fourth-order valence-corrected chi connectivity index (χ4v) is 2.91. The van der Waals surface area contributed by atoms with Crippen LogP contribution in [-0.4, -0.2) is 47.6 Å². The Morgan fingerprint density at radius 1 is 1.42 bits per heavy atom. The van der Waals surface area contributed by atoms with Crippen molar-refractivity contribution in [2.24, 2.45) is 0 Å². The molecule has 1 N–H and O–H groups in total. The molecule has 0 spiro atoms. The molecular formula is C17H21FN4O2. The number of aromatic nitrogens is 2. The van der Waals surface area contributed by atoms with Gasteiger partial charge in [0.15, 0.2) is 0 Å². The van der Waals surface area contributed by atoms with Crippen molar-refractivity contribution >= 4 is 5.91 Å². The highest BCUT2D eigenvalue weighted by atomic mass is 19.1. The third-order valence-electron chi connectivity index (χ3n) is 4.26. The van der Waals surface area contributed by atoms with Crippen molar-refractivity contribution in [3.63, 3.8) is 0 Å². The van der Waals surface area contributed by atoms with E-state index in [1.807, 2.05) is 11.9 Å². The molecule has 1 unspecified atom stereocenters. The molecule has 1 aromatic carbocycles. The van der Waals surface area contributed by atoms with Crippen LogP contribution in [0.2, 0.25) is 0 Å². The van der Waals surface area contributed by atoms with Crippen LogP contribution in [0.25, 0.3) is 11.4 Å². The van der Waals surface area contributed by atoms with Gasteiger partial charge in [0.25, 0.3) is 0 Å². The minimum absolute atomic E-state index is 0.0546. The molecule has 128 valence electrons. The highest BCUT2D eigenvalue weighted by Crippen LogP contribution is 2.27. The number of piperidine rings is 1. The number of carbonyl (C=O) groups is 1. The first-order valence-electron chi connectivity index (χ1n) is 8.19. The normalized spacial score (nSPS) is 17.9. The maximum Gasteiger partial charge on any atom is 0.231 e. The largest absolute Gasteiger partial charge is 0.342 e. The Labute approximate surface area is 140 Å². The monoisotopic (exact) mass is 332 g/mol. The van der Waals surface area contributed by atoms with E-state index in [0.717, 1.165) is 19.4 Å².